The summed E-state index contributed by atoms with van der Waals surface area (Å²) in [5.41, 5.74) is 0. The van der Waals surface area contributed by atoms with Crippen LogP contribution < -0.4 is 0 Å². The van der Waals surface area contributed by atoms with Crippen molar-refractivity contribution in [3.05, 3.63) is 12.2 Å². The van der Waals surface area contributed by atoms with Gasteiger partial charge in [0.15, 0.2) is 0 Å². The van der Waals surface area contributed by atoms with Crippen molar-refractivity contribution in [2.75, 3.05) is 13.1 Å². The largest absolute Gasteiger partial charge is 0.481 e. The van der Waals surface area contributed by atoms with Crippen molar-refractivity contribution < 1.29 is 14.7 Å². The minimum atomic E-state index is -0.855. The molecule has 0 bridgehead atoms. The lowest BCUT2D eigenvalue weighted by atomic mass is 9.82. The minimum absolute atomic E-state index is 0.0103. The molecule has 1 aliphatic rings. The molecule has 114 valence electrons. The predicted octanol–water partition coefficient (Wildman–Crippen LogP) is 2.94. The average Bonchev–Trinajstić information content (AvgIpc) is 2.48. The van der Waals surface area contributed by atoms with Crippen LogP contribution in [0.1, 0.15) is 46.5 Å². The molecule has 0 unspecified atom stereocenters. The number of carbonyl (C=O) groups is 2. The molecule has 1 N–H and O–H groups in total. The number of nitrogens with zero attached hydrogens (tertiary/aromatic N) is 1. The first-order valence-corrected chi connectivity index (χ1v) is 7.71. The topological polar surface area (TPSA) is 57.6 Å². The summed E-state index contributed by atoms with van der Waals surface area (Å²) in [5, 5.41) is 9.28. The van der Waals surface area contributed by atoms with Crippen molar-refractivity contribution in [3.63, 3.8) is 0 Å². The molecule has 4 nitrogen and oxygen atoms in total. The number of allylic oxidation sites excluding steroid dienone is 2. The fraction of sp³-hybridized carbons (Fsp3) is 0.750. The van der Waals surface area contributed by atoms with Gasteiger partial charge in [-0.1, -0.05) is 38.8 Å². The smallest absolute Gasteiger partial charge is 0.307 e. The quantitative estimate of drug-likeness (QED) is 0.730. The maximum atomic E-state index is 12.6. The molecule has 0 spiro atoms. The van der Waals surface area contributed by atoms with Crippen LogP contribution >= 0.6 is 0 Å². The second-order valence-electron chi connectivity index (χ2n) is 5.55. The number of carboxylic acids is 1. The van der Waals surface area contributed by atoms with Crippen molar-refractivity contribution in [2.24, 2.45) is 17.8 Å². The molecule has 2 atom stereocenters. The Balaban J connectivity index is 2.78. The second-order valence-corrected chi connectivity index (χ2v) is 5.55. The summed E-state index contributed by atoms with van der Waals surface area (Å²) < 4.78 is 0. The van der Waals surface area contributed by atoms with E-state index in [0.717, 1.165) is 19.4 Å². The number of rotatable bonds is 7. The summed E-state index contributed by atoms with van der Waals surface area (Å²) in [7, 11) is 0. The van der Waals surface area contributed by atoms with Crippen LogP contribution in [-0.2, 0) is 9.59 Å². The molecule has 20 heavy (non-hydrogen) atoms. The highest BCUT2D eigenvalue weighted by Crippen LogP contribution is 2.28. The molecule has 0 fully saturated rings. The van der Waals surface area contributed by atoms with Gasteiger partial charge in [-0.05, 0) is 25.7 Å². The maximum absolute atomic E-state index is 12.6. The van der Waals surface area contributed by atoms with E-state index in [1.807, 2.05) is 24.0 Å². The Kier molecular flexibility index (Phi) is 6.76. The number of amides is 1. The van der Waals surface area contributed by atoms with Crippen LogP contribution in [0.5, 0.6) is 0 Å². The van der Waals surface area contributed by atoms with E-state index in [2.05, 4.69) is 13.8 Å². The van der Waals surface area contributed by atoms with Gasteiger partial charge in [0.25, 0.3) is 0 Å². The third-order valence-electron chi connectivity index (χ3n) is 4.39. The van der Waals surface area contributed by atoms with Gasteiger partial charge in [0.2, 0.25) is 5.91 Å². The maximum Gasteiger partial charge on any atom is 0.307 e. The van der Waals surface area contributed by atoms with Gasteiger partial charge in [0.1, 0.15) is 0 Å². The number of aliphatic carboxylic acids is 1. The van der Waals surface area contributed by atoms with E-state index in [-0.39, 0.29) is 5.91 Å². The van der Waals surface area contributed by atoms with Gasteiger partial charge in [-0.2, -0.15) is 0 Å². The molecule has 0 aromatic carbocycles. The van der Waals surface area contributed by atoms with Gasteiger partial charge < -0.3 is 10.0 Å². The summed E-state index contributed by atoms with van der Waals surface area (Å²) in [4.78, 5) is 25.8. The Bertz CT molecular complexity index is 361. The molecule has 0 heterocycles. The van der Waals surface area contributed by atoms with Crippen molar-refractivity contribution >= 4 is 11.9 Å². The zero-order valence-electron chi connectivity index (χ0n) is 12.8. The lowest BCUT2D eigenvalue weighted by molar-refractivity contribution is -0.150. The highest BCUT2D eigenvalue weighted by atomic mass is 16.4. The SMILES string of the molecule is CCC(CC)CN(CC)C(=O)[C@@H]1CC=CC[C@@H]1C(=O)O. The molecule has 0 saturated carbocycles. The molecule has 0 aromatic heterocycles. The first-order valence-electron chi connectivity index (χ1n) is 7.71. The first kappa shape index (κ1) is 16.7. The number of hydrogen-bond acceptors (Lipinski definition) is 2. The van der Waals surface area contributed by atoms with Gasteiger partial charge in [0, 0.05) is 13.1 Å². The van der Waals surface area contributed by atoms with Crippen molar-refractivity contribution in [3.8, 4) is 0 Å². The van der Waals surface area contributed by atoms with Crippen LogP contribution in [0.15, 0.2) is 12.2 Å². The van der Waals surface area contributed by atoms with Gasteiger partial charge in [-0.25, -0.2) is 0 Å². The Morgan fingerprint density at radius 1 is 1.15 bits per heavy atom. The summed E-state index contributed by atoms with van der Waals surface area (Å²) in [5.74, 6) is -1.31. The standard InChI is InChI=1S/C16H27NO3/c1-4-12(5-2)11-17(6-3)15(18)13-9-7-8-10-14(13)16(19)20/h7-8,12-14H,4-6,9-11H2,1-3H3,(H,19,20)/t13-,14+/m1/s1. The number of hydrogen-bond donors (Lipinski definition) is 1. The Labute approximate surface area is 121 Å². The molecule has 0 radical (unpaired) electrons. The highest BCUT2D eigenvalue weighted by molar-refractivity contribution is 5.85. The fourth-order valence-corrected chi connectivity index (χ4v) is 2.83. The monoisotopic (exact) mass is 281 g/mol. The third kappa shape index (κ3) is 4.09. The molecule has 0 aromatic rings. The molecule has 4 heteroatoms. The van der Waals surface area contributed by atoms with Crippen molar-refractivity contribution in [1.29, 1.82) is 0 Å². The van der Waals surface area contributed by atoms with Gasteiger partial charge >= 0.3 is 5.97 Å². The summed E-state index contributed by atoms with van der Waals surface area (Å²) in [6.45, 7) is 7.64. The minimum Gasteiger partial charge on any atom is -0.481 e. The predicted molar refractivity (Wildman–Crippen MR) is 79.3 cm³/mol. The molecule has 1 aliphatic carbocycles. The van der Waals surface area contributed by atoms with E-state index < -0.39 is 17.8 Å². The van der Waals surface area contributed by atoms with E-state index in [1.54, 1.807) is 0 Å². The molecule has 0 aliphatic heterocycles. The van der Waals surface area contributed by atoms with Crippen LogP contribution in [0, 0.1) is 17.8 Å². The zero-order chi connectivity index (χ0) is 15.1. The summed E-state index contributed by atoms with van der Waals surface area (Å²) in [6.07, 6.45) is 6.93. The average molecular weight is 281 g/mol. The van der Waals surface area contributed by atoms with Gasteiger partial charge in [-0.15, -0.1) is 0 Å². The normalized spacial score (nSPS) is 22.0. The summed E-state index contributed by atoms with van der Waals surface area (Å²) >= 11 is 0. The van der Waals surface area contributed by atoms with Crippen molar-refractivity contribution in [1.82, 2.24) is 4.90 Å². The van der Waals surface area contributed by atoms with E-state index in [0.29, 0.717) is 25.3 Å². The van der Waals surface area contributed by atoms with Gasteiger partial charge in [0.05, 0.1) is 11.8 Å². The van der Waals surface area contributed by atoms with E-state index >= 15 is 0 Å². The van der Waals surface area contributed by atoms with Crippen LogP contribution in [0.2, 0.25) is 0 Å². The Morgan fingerprint density at radius 3 is 2.15 bits per heavy atom. The Hall–Kier alpha value is -1.32. The Morgan fingerprint density at radius 2 is 1.70 bits per heavy atom. The molecule has 1 amide bonds. The van der Waals surface area contributed by atoms with E-state index in [9.17, 15) is 14.7 Å². The lowest BCUT2D eigenvalue weighted by Crippen LogP contribution is -2.43. The highest BCUT2D eigenvalue weighted by Gasteiger charge is 2.36. The van der Waals surface area contributed by atoms with E-state index in [4.69, 9.17) is 0 Å². The molecule has 1 rings (SSSR count). The van der Waals surface area contributed by atoms with Crippen LogP contribution in [-0.4, -0.2) is 35.0 Å². The van der Waals surface area contributed by atoms with Gasteiger partial charge in [-0.3, -0.25) is 9.59 Å². The second kappa shape index (κ2) is 8.08. The molecular formula is C16H27NO3. The fourth-order valence-electron chi connectivity index (χ4n) is 2.83. The van der Waals surface area contributed by atoms with Crippen LogP contribution in [0.25, 0.3) is 0 Å². The van der Waals surface area contributed by atoms with Crippen LogP contribution in [0.3, 0.4) is 0 Å². The number of carboxylic acid groups (broad SMARTS) is 1. The van der Waals surface area contributed by atoms with Crippen molar-refractivity contribution in [2.45, 2.75) is 46.5 Å². The molecule has 0 saturated heterocycles. The molecular weight excluding hydrogens is 254 g/mol. The van der Waals surface area contributed by atoms with E-state index in [1.165, 1.54) is 0 Å². The summed E-state index contributed by atoms with van der Waals surface area (Å²) in [6, 6.07) is 0. The zero-order valence-corrected chi connectivity index (χ0v) is 12.8. The first-order chi connectivity index (χ1) is 9.54. The van der Waals surface area contributed by atoms with Crippen LogP contribution in [0.4, 0.5) is 0 Å². The lowest BCUT2D eigenvalue weighted by Gasteiger charge is -2.32. The number of carbonyl (C=O) groups excluding carboxylic acids is 1. The third-order valence-corrected chi connectivity index (χ3v) is 4.39.